The fourth-order valence-electron chi connectivity index (χ4n) is 2.78. The number of rotatable bonds is 7. The van der Waals surface area contributed by atoms with E-state index in [9.17, 15) is 4.79 Å². The third kappa shape index (κ3) is 4.35. The zero-order valence-electron chi connectivity index (χ0n) is 15.1. The van der Waals surface area contributed by atoms with Gasteiger partial charge < -0.3 is 18.9 Å². The summed E-state index contributed by atoms with van der Waals surface area (Å²) in [5, 5.41) is 4.43. The lowest BCUT2D eigenvalue weighted by Gasteiger charge is -2.22. The van der Waals surface area contributed by atoms with E-state index >= 15 is 0 Å². The van der Waals surface area contributed by atoms with E-state index in [0.717, 1.165) is 30.6 Å². The van der Waals surface area contributed by atoms with Crippen LogP contribution in [0.15, 0.2) is 30.5 Å². The molecule has 26 heavy (non-hydrogen) atoms. The second-order valence-electron chi connectivity index (χ2n) is 6.01. The van der Waals surface area contributed by atoms with Gasteiger partial charge >= 0.3 is 5.97 Å². The summed E-state index contributed by atoms with van der Waals surface area (Å²) in [5.74, 6) is 0.590. The van der Waals surface area contributed by atoms with Gasteiger partial charge in [0.1, 0.15) is 24.1 Å². The molecule has 140 valence electrons. The number of hydrogen-bond donors (Lipinski definition) is 0. The van der Waals surface area contributed by atoms with E-state index < -0.39 is 5.97 Å². The first kappa shape index (κ1) is 18.3. The summed E-state index contributed by atoms with van der Waals surface area (Å²) < 4.78 is 23.5. The van der Waals surface area contributed by atoms with Gasteiger partial charge in [0.15, 0.2) is 0 Å². The molecule has 7 heteroatoms. The number of esters is 1. The monoisotopic (exact) mass is 360 g/mol. The molecule has 0 saturated carbocycles. The second-order valence-corrected chi connectivity index (χ2v) is 6.01. The Balaban J connectivity index is 1.76. The van der Waals surface area contributed by atoms with Gasteiger partial charge in [0.05, 0.1) is 13.7 Å². The molecule has 2 heterocycles. The molecule has 7 nitrogen and oxygen atoms in total. The Hall–Kier alpha value is -2.54. The maximum Gasteiger partial charge on any atom is 0.345 e. The largest absolute Gasteiger partial charge is 0.497 e. The van der Waals surface area contributed by atoms with Crippen molar-refractivity contribution < 1.29 is 23.7 Å². The number of methoxy groups -OCH3 is 1. The molecule has 3 rings (SSSR count). The van der Waals surface area contributed by atoms with Crippen LogP contribution in [-0.2, 0) is 16.1 Å². The third-order valence-corrected chi connectivity index (χ3v) is 4.18. The van der Waals surface area contributed by atoms with Crippen molar-refractivity contribution >= 4 is 5.97 Å². The van der Waals surface area contributed by atoms with E-state index in [2.05, 4.69) is 5.10 Å². The van der Waals surface area contributed by atoms with Crippen LogP contribution in [-0.4, -0.2) is 36.1 Å². The number of nitrogens with zero attached hydrogens (tertiary/aromatic N) is 2. The maximum atomic E-state index is 12.2. The van der Waals surface area contributed by atoms with Crippen LogP contribution in [0.5, 0.6) is 11.6 Å². The van der Waals surface area contributed by atoms with Crippen LogP contribution in [0.1, 0.15) is 48.3 Å². The normalized spacial score (nSPS) is 16.9. The standard InChI is InChI=1S/C19H24N2O5/c1-3-24-19(22)16-12-21(17-6-4-5-11-25-17)20-18(16)26-13-14-7-9-15(23-2)10-8-14/h7-10,12,17H,3-6,11,13H2,1-2H3. The minimum atomic E-state index is -0.445. The van der Waals surface area contributed by atoms with Crippen molar-refractivity contribution in [3.63, 3.8) is 0 Å². The van der Waals surface area contributed by atoms with Gasteiger partial charge in [-0.3, -0.25) is 0 Å². The first-order chi connectivity index (χ1) is 12.7. The topological polar surface area (TPSA) is 71.8 Å². The van der Waals surface area contributed by atoms with Crippen molar-refractivity contribution in [2.24, 2.45) is 0 Å². The third-order valence-electron chi connectivity index (χ3n) is 4.18. The zero-order valence-corrected chi connectivity index (χ0v) is 15.1. The summed E-state index contributed by atoms with van der Waals surface area (Å²) in [7, 11) is 1.62. The molecule has 0 spiro atoms. The molecule has 1 fully saturated rings. The molecule has 1 aromatic carbocycles. The fraction of sp³-hybridized carbons (Fsp3) is 0.474. The number of aromatic nitrogens is 2. The number of carbonyl (C=O) groups is 1. The van der Waals surface area contributed by atoms with Crippen LogP contribution >= 0.6 is 0 Å². The smallest absolute Gasteiger partial charge is 0.345 e. The molecule has 1 unspecified atom stereocenters. The van der Waals surface area contributed by atoms with E-state index in [1.54, 1.807) is 24.9 Å². The molecular formula is C19H24N2O5. The van der Waals surface area contributed by atoms with Gasteiger partial charge in [0.25, 0.3) is 0 Å². The van der Waals surface area contributed by atoms with Crippen LogP contribution in [0.3, 0.4) is 0 Å². The Kier molecular flexibility index (Phi) is 6.12. The van der Waals surface area contributed by atoms with Gasteiger partial charge in [-0.2, -0.15) is 0 Å². The Morgan fingerprint density at radius 2 is 2.12 bits per heavy atom. The molecule has 1 aromatic heterocycles. The molecule has 0 amide bonds. The summed E-state index contributed by atoms with van der Waals surface area (Å²) in [6.07, 6.45) is 4.46. The average molecular weight is 360 g/mol. The number of benzene rings is 1. The molecule has 0 bridgehead atoms. The zero-order chi connectivity index (χ0) is 18.4. The SMILES string of the molecule is CCOC(=O)c1cn(C2CCCCO2)nc1OCc1ccc(OC)cc1. The molecule has 1 aliphatic heterocycles. The van der Waals surface area contributed by atoms with Gasteiger partial charge in [0, 0.05) is 12.8 Å². The summed E-state index contributed by atoms with van der Waals surface area (Å²) in [6.45, 7) is 3.05. The molecule has 1 saturated heterocycles. The van der Waals surface area contributed by atoms with Crippen LogP contribution in [0.4, 0.5) is 0 Å². The summed E-state index contributed by atoms with van der Waals surface area (Å²) in [5.41, 5.74) is 1.26. The van der Waals surface area contributed by atoms with Crippen LogP contribution in [0, 0.1) is 0 Å². The molecule has 1 aliphatic rings. The minimum absolute atomic E-state index is 0.171. The molecule has 0 radical (unpaired) electrons. The average Bonchev–Trinajstić information content (AvgIpc) is 3.12. The van der Waals surface area contributed by atoms with Crippen molar-refractivity contribution in [1.82, 2.24) is 9.78 Å². The lowest BCUT2D eigenvalue weighted by atomic mass is 10.2. The fourth-order valence-corrected chi connectivity index (χ4v) is 2.78. The number of ether oxygens (including phenoxy) is 4. The van der Waals surface area contributed by atoms with E-state index in [4.69, 9.17) is 18.9 Å². The summed E-state index contributed by atoms with van der Waals surface area (Å²) in [6, 6.07) is 7.53. The number of carbonyl (C=O) groups excluding carboxylic acids is 1. The van der Waals surface area contributed by atoms with Crippen LogP contribution in [0.25, 0.3) is 0 Å². The highest BCUT2D eigenvalue weighted by molar-refractivity contribution is 5.91. The highest BCUT2D eigenvalue weighted by Gasteiger charge is 2.24. The predicted octanol–water partition coefficient (Wildman–Crippen LogP) is 3.35. The summed E-state index contributed by atoms with van der Waals surface area (Å²) in [4.78, 5) is 12.2. The van der Waals surface area contributed by atoms with E-state index in [0.29, 0.717) is 25.4 Å². The molecule has 1 atom stereocenters. The Morgan fingerprint density at radius 3 is 2.77 bits per heavy atom. The van der Waals surface area contributed by atoms with Gasteiger partial charge in [0.2, 0.25) is 5.88 Å². The van der Waals surface area contributed by atoms with Crippen molar-refractivity contribution in [1.29, 1.82) is 0 Å². The number of hydrogen-bond acceptors (Lipinski definition) is 6. The highest BCUT2D eigenvalue weighted by atomic mass is 16.5. The van der Waals surface area contributed by atoms with E-state index in [-0.39, 0.29) is 12.1 Å². The van der Waals surface area contributed by atoms with E-state index in [1.165, 1.54) is 0 Å². The maximum absolute atomic E-state index is 12.2. The Morgan fingerprint density at radius 1 is 1.31 bits per heavy atom. The summed E-state index contributed by atoms with van der Waals surface area (Å²) >= 11 is 0. The Bertz CT molecular complexity index is 720. The van der Waals surface area contributed by atoms with Crippen LogP contribution in [0.2, 0.25) is 0 Å². The predicted molar refractivity (Wildman–Crippen MR) is 94.3 cm³/mol. The van der Waals surface area contributed by atoms with Crippen molar-refractivity contribution in [2.45, 2.75) is 39.0 Å². The molecule has 0 aliphatic carbocycles. The van der Waals surface area contributed by atoms with Gasteiger partial charge in [-0.25, -0.2) is 9.48 Å². The van der Waals surface area contributed by atoms with Gasteiger partial charge in [-0.15, -0.1) is 5.10 Å². The molecule has 2 aromatic rings. The molecule has 0 N–H and O–H groups in total. The quantitative estimate of drug-likeness (QED) is 0.705. The van der Waals surface area contributed by atoms with Gasteiger partial charge in [-0.1, -0.05) is 12.1 Å². The first-order valence-corrected chi connectivity index (χ1v) is 8.85. The second kappa shape index (κ2) is 8.71. The minimum Gasteiger partial charge on any atom is -0.497 e. The molecular weight excluding hydrogens is 336 g/mol. The first-order valence-electron chi connectivity index (χ1n) is 8.85. The van der Waals surface area contributed by atoms with Crippen molar-refractivity contribution in [3.8, 4) is 11.6 Å². The lowest BCUT2D eigenvalue weighted by Crippen LogP contribution is -2.18. The van der Waals surface area contributed by atoms with Gasteiger partial charge in [-0.05, 0) is 43.9 Å². The van der Waals surface area contributed by atoms with Crippen molar-refractivity contribution in [3.05, 3.63) is 41.6 Å². The van der Waals surface area contributed by atoms with Crippen LogP contribution < -0.4 is 9.47 Å². The van der Waals surface area contributed by atoms with E-state index in [1.807, 2.05) is 24.3 Å². The van der Waals surface area contributed by atoms with Crippen molar-refractivity contribution in [2.75, 3.05) is 20.3 Å². The highest BCUT2D eigenvalue weighted by Crippen LogP contribution is 2.26. The Labute approximate surface area is 152 Å². The lowest BCUT2D eigenvalue weighted by molar-refractivity contribution is -0.0401.